The molecule has 0 spiro atoms. The van der Waals surface area contributed by atoms with Crippen LogP contribution in [0, 0.1) is 11.8 Å². The fraction of sp³-hybridized carbons (Fsp3) is 0.500. The summed E-state index contributed by atoms with van der Waals surface area (Å²) >= 11 is 1.68. The topological polar surface area (TPSA) is 53.2 Å². The van der Waals surface area contributed by atoms with Gasteiger partial charge in [-0.1, -0.05) is 12.2 Å². The van der Waals surface area contributed by atoms with Crippen molar-refractivity contribution in [2.24, 2.45) is 11.8 Å². The number of nitrogens with one attached hydrogen (secondary N) is 3. The molecular formula is C10H13N3OS. The molecule has 3 rings (SSSR count). The van der Waals surface area contributed by atoms with E-state index in [2.05, 4.69) is 39.1 Å². The van der Waals surface area contributed by atoms with Crippen LogP contribution in [-0.2, 0) is 4.79 Å². The van der Waals surface area contributed by atoms with Crippen LogP contribution in [0.25, 0.3) is 0 Å². The van der Waals surface area contributed by atoms with Gasteiger partial charge in [-0.2, -0.15) is 0 Å². The highest BCUT2D eigenvalue weighted by atomic mass is 32.2. The smallest absolute Gasteiger partial charge is 0.240 e. The number of hydrogen-bond donors (Lipinski definition) is 3. The third-order valence-electron chi connectivity index (χ3n) is 3.28. The van der Waals surface area contributed by atoms with Gasteiger partial charge >= 0.3 is 0 Å². The molecule has 3 N–H and O–H groups in total. The number of fused-ring (bicyclic) bond motifs is 3. The Hall–Kier alpha value is -0.780. The Morgan fingerprint density at radius 1 is 1.33 bits per heavy atom. The molecule has 15 heavy (non-hydrogen) atoms. The molecule has 80 valence electrons. The third kappa shape index (κ3) is 1.51. The molecule has 0 aromatic rings. The maximum atomic E-state index is 11.5. The van der Waals surface area contributed by atoms with Crippen LogP contribution in [0.3, 0.4) is 0 Å². The van der Waals surface area contributed by atoms with E-state index in [4.69, 9.17) is 0 Å². The second-order valence-electron chi connectivity index (χ2n) is 4.07. The van der Waals surface area contributed by atoms with Crippen molar-refractivity contribution >= 4 is 17.7 Å². The molecule has 3 aliphatic rings. The van der Waals surface area contributed by atoms with Gasteiger partial charge in [0, 0.05) is 24.5 Å². The number of carbonyl (C=O) groups excluding carboxylic acids is 1. The highest BCUT2D eigenvalue weighted by Gasteiger charge is 2.44. The van der Waals surface area contributed by atoms with Gasteiger partial charge in [0.1, 0.15) is 0 Å². The second-order valence-corrected chi connectivity index (χ2v) is 4.89. The predicted octanol–water partition coefficient (Wildman–Crippen LogP) is -0.0322. The lowest BCUT2D eigenvalue weighted by atomic mass is 9.80. The Morgan fingerprint density at radius 3 is 3.13 bits per heavy atom. The summed E-state index contributed by atoms with van der Waals surface area (Å²) in [5.41, 5.74) is 5.82. The summed E-state index contributed by atoms with van der Waals surface area (Å²) < 4.78 is 0. The van der Waals surface area contributed by atoms with E-state index in [1.807, 2.05) is 0 Å². The molecule has 0 aliphatic carbocycles. The summed E-state index contributed by atoms with van der Waals surface area (Å²) in [6.07, 6.45) is 4.36. The molecule has 4 nitrogen and oxygen atoms in total. The first-order valence-electron chi connectivity index (χ1n) is 5.14. The van der Waals surface area contributed by atoms with Crippen LogP contribution in [0.15, 0.2) is 23.0 Å². The highest BCUT2D eigenvalue weighted by Crippen LogP contribution is 2.29. The number of carbonyl (C=O) groups is 1. The Morgan fingerprint density at radius 2 is 2.20 bits per heavy atom. The van der Waals surface area contributed by atoms with Gasteiger partial charge in [0.25, 0.3) is 0 Å². The van der Waals surface area contributed by atoms with Gasteiger partial charge in [0.2, 0.25) is 5.91 Å². The minimum atomic E-state index is 0.0624. The van der Waals surface area contributed by atoms with Crippen molar-refractivity contribution in [2.45, 2.75) is 12.1 Å². The van der Waals surface area contributed by atoms with Gasteiger partial charge in [0.15, 0.2) is 0 Å². The summed E-state index contributed by atoms with van der Waals surface area (Å²) in [5.74, 6) is 0.529. The molecule has 4 unspecified atom stereocenters. The normalized spacial score (nSPS) is 43.1. The Labute approximate surface area is 92.5 Å². The Bertz CT molecular complexity index is 342. The van der Waals surface area contributed by atoms with Crippen molar-refractivity contribution in [1.29, 1.82) is 0 Å². The largest absolute Gasteiger partial charge is 0.309 e. The van der Waals surface area contributed by atoms with Crippen LogP contribution in [-0.4, -0.2) is 24.5 Å². The van der Waals surface area contributed by atoms with Crippen LogP contribution >= 0.6 is 11.8 Å². The highest BCUT2D eigenvalue weighted by molar-refractivity contribution is 8.04. The molecule has 3 aliphatic heterocycles. The van der Waals surface area contributed by atoms with Crippen LogP contribution in [0.5, 0.6) is 0 Å². The van der Waals surface area contributed by atoms with E-state index in [-0.39, 0.29) is 17.9 Å². The van der Waals surface area contributed by atoms with E-state index >= 15 is 0 Å². The molecule has 0 aromatic carbocycles. The zero-order valence-electron chi connectivity index (χ0n) is 8.14. The third-order valence-corrected chi connectivity index (χ3v) is 3.91. The van der Waals surface area contributed by atoms with Crippen molar-refractivity contribution in [1.82, 2.24) is 16.2 Å². The maximum Gasteiger partial charge on any atom is 0.240 e. The fourth-order valence-electron chi connectivity index (χ4n) is 2.46. The average molecular weight is 223 g/mol. The lowest BCUT2D eigenvalue weighted by molar-refractivity contribution is -0.123. The van der Waals surface area contributed by atoms with Crippen LogP contribution < -0.4 is 16.2 Å². The summed E-state index contributed by atoms with van der Waals surface area (Å²) in [7, 11) is 0. The molecule has 0 bridgehead atoms. The SMILES string of the molecule is O=C1NNC2C1CNC1C=CSC=CC12. The van der Waals surface area contributed by atoms with E-state index in [9.17, 15) is 4.79 Å². The van der Waals surface area contributed by atoms with Crippen LogP contribution in [0.1, 0.15) is 0 Å². The Kier molecular flexibility index (Phi) is 2.31. The number of piperidine rings is 1. The molecule has 0 radical (unpaired) electrons. The van der Waals surface area contributed by atoms with E-state index in [0.717, 1.165) is 6.54 Å². The van der Waals surface area contributed by atoms with E-state index in [1.54, 1.807) is 11.8 Å². The second kappa shape index (κ2) is 3.66. The monoisotopic (exact) mass is 223 g/mol. The summed E-state index contributed by atoms with van der Waals surface area (Å²) in [5, 5.41) is 7.60. The zero-order chi connectivity index (χ0) is 10.3. The van der Waals surface area contributed by atoms with E-state index in [1.165, 1.54) is 0 Å². The lowest BCUT2D eigenvalue weighted by Gasteiger charge is -2.35. The molecule has 1 amide bonds. The van der Waals surface area contributed by atoms with Crippen LogP contribution in [0.2, 0.25) is 0 Å². The number of thioether (sulfide) groups is 1. The fourth-order valence-corrected chi connectivity index (χ4v) is 3.09. The molecule has 5 heteroatoms. The van der Waals surface area contributed by atoms with Crippen molar-refractivity contribution in [3.63, 3.8) is 0 Å². The van der Waals surface area contributed by atoms with Gasteiger partial charge in [-0.3, -0.25) is 10.2 Å². The van der Waals surface area contributed by atoms with Gasteiger partial charge in [-0.05, 0) is 10.8 Å². The molecule has 0 saturated carbocycles. The van der Waals surface area contributed by atoms with Crippen molar-refractivity contribution in [3.05, 3.63) is 23.0 Å². The first-order chi connectivity index (χ1) is 7.36. The maximum absolute atomic E-state index is 11.5. The summed E-state index contributed by atoms with van der Waals surface area (Å²) in [6.45, 7) is 0.757. The predicted molar refractivity (Wildman–Crippen MR) is 59.7 cm³/mol. The zero-order valence-corrected chi connectivity index (χ0v) is 8.96. The molecule has 4 atom stereocenters. The van der Waals surface area contributed by atoms with Gasteiger partial charge in [-0.15, -0.1) is 11.8 Å². The lowest BCUT2D eigenvalue weighted by Crippen LogP contribution is -2.54. The quantitative estimate of drug-likeness (QED) is 0.540. The minimum Gasteiger partial charge on any atom is -0.309 e. The van der Waals surface area contributed by atoms with Gasteiger partial charge in [0.05, 0.1) is 5.92 Å². The van der Waals surface area contributed by atoms with Gasteiger partial charge in [-0.25, -0.2) is 5.43 Å². The van der Waals surface area contributed by atoms with Gasteiger partial charge < -0.3 is 5.32 Å². The Balaban J connectivity index is 1.89. The number of rotatable bonds is 0. The summed E-state index contributed by atoms with van der Waals surface area (Å²) in [4.78, 5) is 11.5. The first kappa shape index (κ1) is 9.45. The van der Waals surface area contributed by atoms with E-state index in [0.29, 0.717) is 12.0 Å². The summed E-state index contributed by atoms with van der Waals surface area (Å²) in [6, 6.07) is 0.570. The van der Waals surface area contributed by atoms with Crippen LogP contribution in [0.4, 0.5) is 0 Å². The number of hydrazine groups is 1. The molecule has 2 saturated heterocycles. The first-order valence-corrected chi connectivity index (χ1v) is 6.08. The molecule has 3 heterocycles. The van der Waals surface area contributed by atoms with Crippen molar-refractivity contribution < 1.29 is 4.79 Å². The number of amides is 1. The van der Waals surface area contributed by atoms with Crippen molar-refractivity contribution in [2.75, 3.05) is 6.54 Å². The molecular weight excluding hydrogens is 210 g/mol. The van der Waals surface area contributed by atoms with Crippen molar-refractivity contribution in [3.8, 4) is 0 Å². The average Bonchev–Trinajstić information content (AvgIpc) is 2.51. The number of hydrogen-bond acceptors (Lipinski definition) is 4. The van der Waals surface area contributed by atoms with E-state index < -0.39 is 0 Å². The molecule has 0 aromatic heterocycles. The minimum absolute atomic E-state index is 0.0624. The molecule has 2 fully saturated rings. The standard InChI is InChI=1S/C10H13N3OS/c14-10-7-5-11-8-2-4-15-3-1-6(8)9(7)12-13-10/h1-4,6-9,11-12H,5H2,(H,13,14).